The number of rotatable bonds is 7. The molecule has 0 saturated carbocycles. The molecule has 0 aromatic carbocycles. The summed E-state index contributed by atoms with van der Waals surface area (Å²) in [6.07, 6.45) is 3.56. The topological polar surface area (TPSA) is 61.2 Å². The second-order valence-electron chi connectivity index (χ2n) is 3.91. The molecule has 0 bridgehead atoms. The standard InChI is InChI=1S/C12H18N4O2/c1-16-9-15-11-10(16)3-4-13-12(11)14-5-6-18-8-7-17-2/h3-4,9H,5-8H2,1-2H3,(H,13,14). The van der Waals surface area contributed by atoms with Gasteiger partial charge in [0.05, 0.1) is 31.7 Å². The molecule has 0 spiro atoms. The van der Waals surface area contributed by atoms with Crippen molar-refractivity contribution >= 4 is 16.9 Å². The fourth-order valence-corrected chi connectivity index (χ4v) is 1.68. The highest BCUT2D eigenvalue weighted by atomic mass is 16.5. The third kappa shape index (κ3) is 2.96. The molecule has 2 aromatic heterocycles. The molecule has 0 aliphatic rings. The normalized spacial score (nSPS) is 11.0. The first-order chi connectivity index (χ1) is 8.83. The Morgan fingerprint density at radius 2 is 2.17 bits per heavy atom. The zero-order valence-electron chi connectivity index (χ0n) is 10.7. The van der Waals surface area contributed by atoms with E-state index >= 15 is 0 Å². The fourth-order valence-electron chi connectivity index (χ4n) is 1.68. The highest BCUT2D eigenvalue weighted by Crippen LogP contribution is 2.17. The minimum atomic E-state index is 0.611. The number of hydrogen-bond acceptors (Lipinski definition) is 5. The van der Waals surface area contributed by atoms with Gasteiger partial charge in [-0.05, 0) is 6.07 Å². The van der Waals surface area contributed by atoms with Crippen LogP contribution in [-0.4, -0.2) is 48.0 Å². The Kier molecular flexibility index (Phi) is 4.49. The monoisotopic (exact) mass is 250 g/mol. The van der Waals surface area contributed by atoms with Crippen molar-refractivity contribution in [2.24, 2.45) is 7.05 Å². The maximum Gasteiger partial charge on any atom is 0.154 e. The number of ether oxygens (including phenoxy) is 2. The van der Waals surface area contributed by atoms with Crippen molar-refractivity contribution in [3.05, 3.63) is 18.6 Å². The third-order valence-corrected chi connectivity index (χ3v) is 2.61. The van der Waals surface area contributed by atoms with Crippen LogP contribution in [0.5, 0.6) is 0 Å². The van der Waals surface area contributed by atoms with Crippen molar-refractivity contribution in [2.75, 3.05) is 38.8 Å². The number of nitrogens with zero attached hydrogens (tertiary/aromatic N) is 3. The Hall–Kier alpha value is -1.66. The van der Waals surface area contributed by atoms with E-state index < -0.39 is 0 Å². The molecule has 0 amide bonds. The van der Waals surface area contributed by atoms with Crippen LogP contribution in [0.3, 0.4) is 0 Å². The first-order valence-corrected chi connectivity index (χ1v) is 5.89. The van der Waals surface area contributed by atoms with Crippen LogP contribution >= 0.6 is 0 Å². The summed E-state index contributed by atoms with van der Waals surface area (Å²) in [4.78, 5) is 8.61. The Morgan fingerprint density at radius 1 is 1.28 bits per heavy atom. The first-order valence-electron chi connectivity index (χ1n) is 5.89. The van der Waals surface area contributed by atoms with Gasteiger partial charge in [-0.3, -0.25) is 0 Å². The largest absolute Gasteiger partial charge is 0.382 e. The Bertz CT molecular complexity index is 498. The van der Waals surface area contributed by atoms with Crippen LogP contribution in [0.25, 0.3) is 11.0 Å². The van der Waals surface area contributed by atoms with E-state index in [0.717, 1.165) is 16.9 Å². The Labute approximate surface area is 106 Å². The van der Waals surface area contributed by atoms with E-state index in [2.05, 4.69) is 15.3 Å². The summed E-state index contributed by atoms with van der Waals surface area (Å²) in [5, 5.41) is 3.23. The highest BCUT2D eigenvalue weighted by Gasteiger charge is 2.05. The lowest BCUT2D eigenvalue weighted by Crippen LogP contribution is -2.12. The molecule has 6 nitrogen and oxygen atoms in total. The lowest BCUT2D eigenvalue weighted by Gasteiger charge is -2.07. The van der Waals surface area contributed by atoms with E-state index in [9.17, 15) is 0 Å². The molecule has 0 saturated heterocycles. The van der Waals surface area contributed by atoms with Gasteiger partial charge >= 0.3 is 0 Å². The van der Waals surface area contributed by atoms with Crippen LogP contribution < -0.4 is 5.32 Å². The van der Waals surface area contributed by atoms with E-state index in [1.54, 1.807) is 19.6 Å². The fraction of sp³-hybridized carbons (Fsp3) is 0.500. The van der Waals surface area contributed by atoms with Crippen molar-refractivity contribution in [1.29, 1.82) is 0 Å². The molecule has 0 unspecified atom stereocenters. The second kappa shape index (κ2) is 6.32. The van der Waals surface area contributed by atoms with Gasteiger partial charge in [0.25, 0.3) is 0 Å². The minimum Gasteiger partial charge on any atom is -0.382 e. The number of pyridine rings is 1. The van der Waals surface area contributed by atoms with Crippen LogP contribution in [0.4, 0.5) is 5.82 Å². The average molecular weight is 250 g/mol. The predicted octanol–water partition coefficient (Wildman–Crippen LogP) is 1.04. The van der Waals surface area contributed by atoms with Gasteiger partial charge in [-0.25, -0.2) is 9.97 Å². The maximum absolute atomic E-state index is 5.37. The molecule has 98 valence electrons. The minimum absolute atomic E-state index is 0.611. The molecule has 18 heavy (non-hydrogen) atoms. The summed E-state index contributed by atoms with van der Waals surface area (Å²) < 4.78 is 12.2. The van der Waals surface area contributed by atoms with Crippen LogP contribution in [-0.2, 0) is 16.5 Å². The van der Waals surface area contributed by atoms with E-state index in [1.165, 1.54) is 0 Å². The van der Waals surface area contributed by atoms with Gasteiger partial charge in [0.1, 0.15) is 5.52 Å². The number of imidazole rings is 1. The second-order valence-corrected chi connectivity index (χ2v) is 3.91. The van der Waals surface area contributed by atoms with Gasteiger partial charge in [-0.1, -0.05) is 0 Å². The van der Waals surface area contributed by atoms with Gasteiger partial charge in [-0.2, -0.15) is 0 Å². The van der Waals surface area contributed by atoms with Crippen molar-refractivity contribution < 1.29 is 9.47 Å². The molecular formula is C12H18N4O2. The number of hydrogen-bond donors (Lipinski definition) is 1. The van der Waals surface area contributed by atoms with Gasteiger partial charge in [-0.15, -0.1) is 0 Å². The lowest BCUT2D eigenvalue weighted by molar-refractivity contribution is 0.0759. The van der Waals surface area contributed by atoms with Crippen LogP contribution in [0, 0.1) is 0 Å². The molecule has 0 aliphatic heterocycles. The molecule has 0 atom stereocenters. The van der Waals surface area contributed by atoms with Gasteiger partial charge in [0.15, 0.2) is 5.82 Å². The number of methoxy groups -OCH3 is 1. The predicted molar refractivity (Wildman–Crippen MR) is 69.7 cm³/mol. The number of nitrogens with one attached hydrogen (secondary N) is 1. The molecule has 2 rings (SSSR count). The number of fused-ring (bicyclic) bond motifs is 1. The number of aromatic nitrogens is 3. The summed E-state index contributed by atoms with van der Waals surface area (Å²) in [6, 6.07) is 1.95. The highest BCUT2D eigenvalue weighted by molar-refractivity contribution is 5.85. The average Bonchev–Trinajstić information content (AvgIpc) is 2.77. The molecule has 1 N–H and O–H groups in total. The zero-order chi connectivity index (χ0) is 12.8. The third-order valence-electron chi connectivity index (χ3n) is 2.61. The molecular weight excluding hydrogens is 232 g/mol. The lowest BCUT2D eigenvalue weighted by atomic mass is 10.4. The van der Waals surface area contributed by atoms with E-state index in [0.29, 0.717) is 26.4 Å². The Morgan fingerprint density at radius 3 is 3.00 bits per heavy atom. The maximum atomic E-state index is 5.37. The quantitative estimate of drug-likeness (QED) is 0.744. The SMILES string of the molecule is COCCOCCNc1nccc2c1ncn2C. The molecule has 2 heterocycles. The first kappa shape index (κ1) is 12.8. The molecule has 2 aromatic rings. The molecule has 0 radical (unpaired) electrons. The van der Waals surface area contributed by atoms with Gasteiger partial charge < -0.3 is 19.4 Å². The summed E-state index contributed by atoms with van der Waals surface area (Å²) in [5.41, 5.74) is 1.95. The molecule has 0 aliphatic carbocycles. The van der Waals surface area contributed by atoms with E-state index in [1.807, 2.05) is 17.7 Å². The van der Waals surface area contributed by atoms with E-state index in [4.69, 9.17) is 9.47 Å². The van der Waals surface area contributed by atoms with Gasteiger partial charge in [0, 0.05) is 26.9 Å². The van der Waals surface area contributed by atoms with Crippen LogP contribution in [0.15, 0.2) is 18.6 Å². The van der Waals surface area contributed by atoms with Crippen molar-refractivity contribution in [3.63, 3.8) is 0 Å². The van der Waals surface area contributed by atoms with Crippen molar-refractivity contribution in [2.45, 2.75) is 0 Å². The van der Waals surface area contributed by atoms with Gasteiger partial charge in [0.2, 0.25) is 0 Å². The summed E-state index contributed by atoms with van der Waals surface area (Å²) >= 11 is 0. The van der Waals surface area contributed by atoms with E-state index in [-0.39, 0.29) is 0 Å². The van der Waals surface area contributed by atoms with Crippen molar-refractivity contribution in [1.82, 2.24) is 14.5 Å². The summed E-state index contributed by atoms with van der Waals surface area (Å²) in [7, 11) is 3.63. The van der Waals surface area contributed by atoms with Crippen molar-refractivity contribution in [3.8, 4) is 0 Å². The van der Waals surface area contributed by atoms with Crippen LogP contribution in [0.2, 0.25) is 0 Å². The zero-order valence-corrected chi connectivity index (χ0v) is 10.7. The Balaban J connectivity index is 1.88. The smallest absolute Gasteiger partial charge is 0.154 e. The molecule has 0 fully saturated rings. The van der Waals surface area contributed by atoms with Crippen LogP contribution in [0.1, 0.15) is 0 Å². The number of aryl methyl sites for hydroxylation is 1. The summed E-state index contributed by atoms with van der Waals surface area (Å²) in [5.74, 6) is 0.795. The molecule has 6 heteroatoms. The number of anilines is 1. The summed E-state index contributed by atoms with van der Waals surface area (Å²) in [6.45, 7) is 2.55.